The van der Waals surface area contributed by atoms with Gasteiger partial charge in [0, 0.05) is 22.9 Å². The number of rotatable bonds is 3. The number of aromatic carboxylic acids is 1. The van der Waals surface area contributed by atoms with Crippen LogP contribution >= 0.6 is 11.3 Å². The lowest BCUT2D eigenvalue weighted by molar-refractivity contribution is -0.122. The van der Waals surface area contributed by atoms with Gasteiger partial charge in [-0.05, 0) is 35.6 Å². The number of thiophene rings is 1. The maximum atomic E-state index is 13.2. The van der Waals surface area contributed by atoms with Gasteiger partial charge in [-0.3, -0.25) is 4.79 Å². The Labute approximate surface area is 164 Å². The summed E-state index contributed by atoms with van der Waals surface area (Å²) in [4.78, 5) is 34.5. The number of carbonyl (C=O) groups is 2. The van der Waals surface area contributed by atoms with Crippen LogP contribution < -0.4 is 0 Å². The Morgan fingerprint density at radius 3 is 2.71 bits per heavy atom. The lowest BCUT2D eigenvalue weighted by Gasteiger charge is -2.36. The number of carbonyl (C=O) groups excluding carboxylic acids is 1. The molecule has 1 aromatic carbocycles. The molecule has 1 aliphatic heterocycles. The lowest BCUT2D eigenvalue weighted by Crippen LogP contribution is -2.41. The lowest BCUT2D eigenvalue weighted by atomic mass is 9.73. The quantitative estimate of drug-likeness (QED) is 0.736. The van der Waals surface area contributed by atoms with Crippen LogP contribution in [0, 0.1) is 5.92 Å². The predicted molar refractivity (Wildman–Crippen MR) is 103 cm³/mol. The van der Waals surface area contributed by atoms with Crippen molar-refractivity contribution in [1.82, 2.24) is 14.8 Å². The molecule has 0 saturated heterocycles. The van der Waals surface area contributed by atoms with E-state index in [9.17, 15) is 9.59 Å². The number of hydrogen-bond acceptors (Lipinski definition) is 6. The molecular formula is C20H16N4O3S. The van der Waals surface area contributed by atoms with Crippen LogP contribution in [0.25, 0.3) is 0 Å². The summed E-state index contributed by atoms with van der Waals surface area (Å²) in [5.41, 5.74) is 1.87. The van der Waals surface area contributed by atoms with Gasteiger partial charge in [0.2, 0.25) is 5.95 Å². The number of aromatic nitrogens is 3. The van der Waals surface area contributed by atoms with Crippen molar-refractivity contribution < 1.29 is 14.7 Å². The first-order valence-corrected chi connectivity index (χ1v) is 9.86. The topological polar surface area (TPSA) is 97.4 Å². The standard InChI is InChI=1S/C20H16N4O3S/c25-15-9-13(16-2-1-7-28-16)8-14-17(15)18(24-20(23-14)21-10-22-24)11-3-5-12(6-4-11)19(26)27/h1-7,10,13,17-18H,8-9H2,(H,26,27). The Morgan fingerprint density at radius 2 is 2.00 bits per heavy atom. The smallest absolute Gasteiger partial charge is 0.335 e. The van der Waals surface area contributed by atoms with Crippen LogP contribution in [0.3, 0.4) is 0 Å². The summed E-state index contributed by atoms with van der Waals surface area (Å²) in [6.45, 7) is 0. The third-order valence-electron chi connectivity index (χ3n) is 5.43. The second kappa shape index (κ2) is 6.49. The fourth-order valence-electron chi connectivity index (χ4n) is 4.15. The van der Waals surface area contributed by atoms with Crippen LogP contribution in [0.5, 0.6) is 0 Å². The van der Waals surface area contributed by atoms with E-state index in [0.29, 0.717) is 18.8 Å². The van der Waals surface area contributed by atoms with Gasteiger partial charge in [-0.1, -0.05) is 18.2 Å². The molecule has 3 unspecified atom stereocenters. The van der Waals surface area contributed by atoms with Gasteiger partial charge in [0.05, 0.1) is 17.5 Å². The zero-order valence-electron chi connectivity index (χ0n) is 14.7. The molecule has 0 radical (unpaired) electrons. The zero-order chi connectivity index (χ0) is 19.3. The fourth-order valence-corrected chi connectivity index (χ4v) is 4.98. The molecule has 0 bridgehead atoms. The van der Waals surface area contributed by atoms with Crippen LogP contribution in [0.15, 0.2) is 53.1 Å². The summed E-state index contributed by atoms with van der Waals surface area (Å²) >= 11 is 1.66. The van der Waals surface area contributed by atoms with Crippen LogP contribution in [0.1, 0.15) is 45.6 Å². The molecule has 0 spiro atoms. The molecule has 0 amide bonds. The predicted octanol–water partition coefficient (Wildman–Crippen LogP) is 3.48. The number of ketones is 1. The number of aliphatic imine (C=N–C) groups is 1. The van der Waals surface area contributed by atoms with Crippen molar-refractivity contribution in [3.63, 3.8) is 0 Å². The number of Topliss-reactive ketones (excluding diaryl/α,β-unsaturated/α-hetero) is 1. The Kier molecular flexibility index (Phi) is 3.94. The summed E-state index contributed by atoms with van der Waals surface area (Å²) in [6.07, 6.45) is 2.63. The minimum absolute atomic E-state index is 0.136. The van der Waals surface area contributed by atoms with E-state index in [1.807, 2.05) is 11.4 Å². The molecular weight excluding hydrogens is 376 g/mol. The van der Waals surface area contributed by atoms with Crippen LogP contribution in [0.4, 0.5) is 5.95 Å². The fraction of sp³-hybridized carbons (Fsp3) is 0.250. The number of benzene rings is 1. The number of carboxylic acids is 1. The van der Waals surface area contributed by atoms with Crippen molar-refractivity contribution in [2.24, 2.45) is 10.9 Å². The summed E-state index contributed by atoms with van der Waals surface area (Å²) in [7, 11) is 0. The molecule has 5 rings (SSSR count). The van der Waals surface area contributed by atoms with Crippen molar-refractivity contribution >= 4 is 34.7 Å². The number of nitrogens with zero attached hydrogens (tertiary/aromatic N) is 4. The van der Waals surface area contributed by atoms with E-state index in [-0.39, 0.29) is 23.3 Å². The Bertz CT molecular complexity index is 1090. The van der Waals surface area contributed by atoms with Crippen molar-refractivity contribution in [1.29, 1.82) is 0 Å². The number of carboxylic acid groups (broad SMARTS) is 1. The third kappa shape index (κ3) is 2.68. The second-order valence-electron chi connectivity index (χ2n) is 7.04. The van der Waals surface area contributed by atoms with Gasteiger partial charge in [0.1, 0.15) is 12.1 Å². The molecule has 28 heavy (non-hydrogen) atoms. The van der Waals surface area contributed by atoms with E-state index in [1.165, 1.54) is 11.2 Å². The Morgan fingerprint density at radius 1 is 1.18 bits per heavy atom. The van der Waals surface area contributed by atoms with Gasteiger partial charge in [0.15, 0.2) is 0 Å². The van der Waals surface area contributed by atoms with E-state index in [2.05, 4.69) is 21.1 Å². The highest BCUT2D eigenvalue weighted by atomic mass is 32.1. The average Bonchev–Trinajstić information content (AvgIpc) is 3.38. The van der Waals surface area contributed by atoms with Crippen molar-refractivity contribution in [3.05, 3.63) is 64.1 Å². The Hall–Kier alpha value is -3.13. The second-order valence-corrected chi connectivity index (χ2v) is 8.02. The summed E-state index contributed by atoms with van der Waals surface area (Å²) < 4.78 is 1.67. The van der Waals surface area contributed by atoms with Gasteiger partial charge in [-0.25, -0.2) is 14.5 Å². The van der Waals surface area contributed by atoms with E-state index < -0.39 is 11.9 Å². The molecule has 1 saturated carbocycles. The molecule has 2 aromatic heterocycles. The molecule has 7 nitrogen and oxygen atoms in total. The largest absolute Gasteiger partial charge is 0.478 e. The van der Waals surface area contributed by atoms with E-state index in [1.54, 1.807) is 40.3 Å². The maximum Gasteiger partial charge on any atom is 0.335 e. The number of fused-ring (bicyclic) bond motifs is 2. The molecule has 2 aliphatic rings. The summed E-state index contributed by atoms with van der Waals surface area (Å²) in [5.74, 6) is -0.616. The molecule has 3 heterocycles. The molecule has 1 N–H and O–H groups in total. The normalized spacial score (nSPS) is 23.6. The first kappa shape index (κ1) is 17.0. The van der Waals surface area contributed by atoms with Crippen LogP contribution in [0.2, 0.25) is 0 Å². The monoisotopic (exact) mass is 392 g/mol. The zero-order valence-corrected chi connectivity index (χ0v) is 15.5. The van der Waals surface area contributed by atoms with E-state index in [0.717, 1.165) is 11.3 Å². The first-order valence-electron chi connectivity index (χ1n) is 8.98. The third-order valence-corrected chi connectivity index (χ3v) is 6.47. The highest BCUT2D eigenvalue weighted by Crippen LogP contribution is 2.44. The van der Waals surface area contributed by atoms with Crippen LogP contribution in [-0.2, 0) is 4.79 Å². The maximum absolute atomic E-state index is 13.2. The van der Waals surface area contributed by atoms with Crippen molar-refractivity contribution in [2.45, 2.75) is 24.8 Å². The molecule has 1 aliphatic carbocycles. The SMILES string of the molecule is O=C(O)c1ccc(C2C3C(=O)CC(c4cccs4)CC3=Nc3ncnn32)cc1. The van der Waals surface area contributed by atoms with Gasteiger partial charge >= 0.3 is 5.97 Å². The molecule has 3 atom stereocenters. The molecule has 140 valence electrons. The minimum Gasteiger partial charge on any atom is -0.478 e. The minimum atomic E-state index is -0.980. The average molecular weight is 392 g/mol. The highest BCUT2D eigenvalue weighted by Gasteiger charge is 2.44. The summed E-state index contributed by atoms with van der Waals surface area (Å²) in [5, 5.41) is 15.5. The van der Waals surface area contributed by atoms with E-state index in [4.69, 9.17) is 5.11 Å². The van der Waals surface area contributed by atoms with Gasteiger partial charge in [0.25, 0.3) is 0 Å². The first-order chi connectivity index (χ1) is 13.6. The molecule has 8 heteroatoms. The van der Waals surface area contributed by atoms with Crippen LogP contribution in [-0.4, -0.2) is 37.3 Å². The van der Waals surface area contributed by atoms with Gasteiger partial charge in [-0.2, -0.15) is 10.1 Å². The van der Waals surface area contributed by atoms with Crippen molar-refractivity contribution in [3.8, 4) is 0 Å². The Balaban J connectivity index is 1.57. The summed E-state index contributed by atoms with van der Waals surface area (Å²) in [6, 6.07) is 10.3. The highest BCUT2D eigenvalue weighted by molar-refractivity contribution is 7.10. The van der Waals surface area contributed by atoms with Crippen molar-refractivity contribution in [2.75, 3.05) is 0 Å². The van der Waals surface area contributed by atoms with Gasteiger partial charge < -0.3 is 5.11 Å². The molecule has 1 fully saturated rings. The number of hydrogen-bond donors (Lipinski definition) is 1. The molecule has 3 aromatic rings. The van der Waals surface area contributed by atoms with Gasteiger partial charge in [-0.15, -0.1) is 11.3 Å². The van der Waals surface area contributed by atoms with E-state index >= 15 is 0 Å².